The zero-order valence-electron chi connectivity index (χ0n) is 5.94. The van der Waals surface area contributed by atoms with E-state index in [9.17, 15) is 5.11 Å². The topological polar surface area (TPSA) is 32.3 Å². The minimum Gasteiger partial charge on any atom is -0.376 e. The van der Waals surface area contributed by atoms with Gasteiger partial charge in [-0.1, -0.05) is 6.92 Å². The first-order valence-electron chi connectivity index (χ1n) is 3.54. The molecule has 3 atom stereocenters. The summed E-state index contributed by atoms with van der Waals surface area (Å²) in [6, 6.07) is 0. The van der Waals surface area contributed by atoms with Crippen molar-refractivity contribution in [2.45, 2.75) is 26.0 Å². The normalized spacial score (nSPS) is 63.7. The second-order valence-electron chi connectivity index (χ2n) is 3.77. The Balaban J connectivity index is 2.28. The first-order valence-corrected chi connectivity index (χ1v) is 3.54. The zero-order chi connectivity index (χ0) is 6.70. The average Bonchev–Trinajstić information content (AvgIpc) is 2.34. The molecule has 0 aromatic rings. The summed E-state index contributed by atoms with van der Waals surface area (Å²) in [5.41, 5.74) is -0.384. The van der Waals surface area contributed by atoms with Crippen LogP contribution in [0, 0.1) is 11.3 Å². The van der Waals surface area contributed by atoms with Gasteiger partial charge in [0, 0.05) is 12.0 Å². The molecule has 2 N–H and O–H groups in total. The van der Waals surface area contributed by atoms with Gasteiger partial charge in [-0.3, -0.25) is 5.32 Å². The minimum atomic E-state index is -0.586. The number of aliphatic hydroxyl groups is 1. The van der Waals surface area contributed by atoms with Crippen LogP contribution in [0.1, 0.15) is 20.3 Å². The van der Waals surface area contributed by atoms with Crippen molar-refractivity contribution in [1.29, 1.82) is 0 Å². The summed E-state index contributed by atoms with van der Waals surface area (Å²) in [5.74, 6) is 0.743. The van der Waals surface area contributed by atoms with E-state index in [1.807, 2.05) is 6.92 Å². The molecule has 0 spiro atoms. The maximum Gasteiger partial charge on any atom is 0.118 e. The molecule has 1 heterocycles. The molecule has 0 aromatic heterocycles. The average molecular weight is 127 g/mol. The molecule has 0 bridgehead atoms. The fraction of sp³-hybridized carbons (Fsp3) is 1.00. The lowest BCUT2D eigenvalue weighted by molar-refractivity contribution is -0.0183. The molecule has 2 nitrogen and oxygen atoms in total. The Morgan fingerprint density at radius 3 is 2.33 bits per heavy atom. The number of rotatable bonds is 0. The SMILES string of the molecule is CC1(O)NCC2CC21C. The molecule has 2 aliphatic rings. The minimum absolute atomic E-state index is 0.201. The number of fused-ring (bicyclic) bond motifs is 1. The summed E-state index contributed by atoms with van der Waals surface area (Å²) < 4.78 is 0. The standard InChI is InChI=1S/C7H13NO/c1-6-3-5(6)4-8-7(6,2)9/h5,8-9H,3-4H2,1-2H3. The van der Waals surface area contributed by atoms with E-state index < -0.39 is 5.72 Å². The lowest BCUT2D eigenvalue weighted by Gasteiger charge is -2.26. The summed E-state index contributed by atoms with van der Waals surface area (Å²) in [5, 5.41) is 12.7. The van der Waals surface area contributed by atoms with Crippen LogP contribution in [-0.4, -0.2) is 17.4 Å². The molecule has 1 saturated heterocycles. The number of piperidine rings is 1. The fourth-order valence-electron chi connectivity index (χ4n) is 1.87. The van der Waals surface area contributed by atoms with Crippen molar-refractivity contribution in [2.24, 2.45) is 11.3 Å². The Bertz CT molecular complexity index is 150. The highest BCUT2D eigenvalue weighted by Gasteiger charge is 2.65. The Morgan fingerprint density at radius 1 is 1.56 bits per heavy atom. The van der Waals surface area contributed by atoms with Crippen molar-refractivity contribution >= 4 is 0 Å². The Kier molecular flexibility index (Phi) is 0.746. The lowest BCUT2D eigenvalue weighted by Crippen LogP contribution is -2.44. The van der Waals surface area contributed by atoms with Gasteiger partial charge in [-0.25, -0.2) is 0 Å². The molecular formula is C7H13NO. The van der Waals surface area contributed by atoms with E-state index >= 15 is 0 Å². The van der Waals surface area contributed by atoms with E-state index in [1.54, 1.807) is 0 Å². The van der Waals surface area contributed by atoms with E-state index in [4.69, 9.17) is 0 Å². The van der Waals surface area contributed by atoms with Crippen molar-refractivity contribution in [3.8, 4) is 0 Å². The molecule has 52 valence electrons. The summed E-state index contributed by atoms with van der Waals surface area (Å²) >= 11 is 0. The Hall–Kier alpha value is -0.0800. The van der Waals surface area contributed by atoms with Crippen LogP contribution in [0.15, 0.2) is 0 Å². The smallest absolute Gasteiger partial charge is 0.118 e. The second kappa shape index (κ2) is 1.18. The molecule has 2 heteroatoms. The molecule has 1 aliphatic carbocycles. The third-order valence-corrected chi connectivity index (χ3v) is 3.22. The van der Waals surface area contributed by atoms with Crippen LogP contribution in [-0.2, 0) is 0 Å². The van der Waals surface area contributed by atoms with Crippen molar-refractivity contribution in [2.75, 3.05) is 6.54 Å². The van der Waals surface area contributed by atoms with E-state index in [2.05, 4.69) is 12.2 Å². The van der Waals surface area contributed by atoms with Crippen LogP contribution in [0.3, 0.4) is 0 Å². The number of hydrogen-bond acceptors (Lipinski definition) is 2. The molecule has 9 heavy (non-hydrogen) atoms. The lowest BCUT2D eigenvalue weighted by atomic mass is 9.97. The van der Waals surface area contributed by atoms with Gasteiger partial charge >= 0.3 is 0 Å². The summed E-state index contributed by atoms with van der Waals surface area (Å²) in [7, 11) is 0. The maximum absolute atomic E-state index is 9.65. The van der Waals surface area contributed by atoms with Crippen molar-refractivity contribution in [3.63, 3.8) is 0 Å². The molecule has 3 unspecified atom stereocenters. The molecule has 1 aliphatic heterocycles. The van der Waals surface area contributed by atoms with E-state index in [-0.39, 0.29) is 5.41 Å². The van der Waals surface area contributed by atoms with Crippen LogP contribution in [0.4, 0.5) is 0 Å². The highest BCUT2D eigenvalue weighted by Crippen LogP contribution is 2.61. The van der Waals surface area contributed by atoms with Gasteiger partial charge in [0.2, 0.25) is 0 Å². The van der Waals surface area contributed by atoms with Gasteiger partial charge in [0.05, 0.1) is 0 Å². The molecule has 0 amide bonds. The van der Waals surface area contributed by atoms with Crippen LogP contribution >= 0.6 is 0 Å². The van der Waals surface area contributed by atoms with Crippen molar-refractivity contribution in [3.05, 3.63) is 0 Å². The largest absolute Gasteiger partial charge is 0.376 e. The van der Waals surface area contributed by atoms with Gasteiger partial charge < -0.3 is 5.11 Å². The molecule has 2 fully saturated rings. The van der Waals surface area contributed by atoms with Crippen LogP contribution in [0.2, 0.25) is 0 Å². The molecule has 0 radical (unpaired) electrons. The molecule has 1 saturated carbocycles. The van der Waals surface area contributed by atoms with Gasteiger partial charge in [0.25, 0.3) is 0 Å². The van der Waals surface area contributed by atoms with E-state index in [0.717, 1.165) is 12.5 Å². The number of nitrogens with one attached hydrogen (secondary N) is 1. The van der Waals surface area contributed by atoms with Crippen molar-refractivity contribution in [1.82, 2.24) is 5.32 Å². The third kappa shape index (κ3) is 0.485. The monoisotopic (exact) mass is 127 g/mol. The van der Waals surface area contributed by atoms with Gasteiger partial charge in [-0.2, -0.15) is 0 Å². The van der Waals surface area contributed by atoms with Crippen LogP contribution in [0.25, 0.3) is 0 Å². The molecule has 0 aromatic carbocycles. The summed E-state index contributed by atoms with van der Waals surface area (Å²) in [4.78, 5) is 0. The fourth-order valence-corrected chi connectivity index (χ4v) is 1.87. The highest BCUT2D eigenvalue weighted by atomic mass is 16.3. The molecule has 2 rings (SSSR count). The van der Waals surface area contributed by atoms with Crippen LogP contribution in [0.5, 0.6) is 0 Å². The van der Waals surface area contributed by atoms with E-state index in [0.29, 0.717) is 0 Å². The molecular weight excluding hydrogens is 114 g/mol. The van der Waals surface area contributed by atoms with Crippen molar-refractivity contribution < 1.29 is 5.11 Å². The Labute approximate surface area is 55.3 Å². The predicted molar refractivity (Wildman–Crippen MR) is 34.8 cm³/mol. The summed E-state index contributed by atoms with van der Waals surface area (Å²) in [6.45, 7) is 5.03. The summed E-state index contributed by atoms with van der Waals surface area (Å²) in [6.07, 6.45) is 1.20. The van der Waals surface area contributed by atoms with Gasteiger partial charge in [-0.05, 0) is 19.3 Å². The zero-order valence-corrected chi connectivity index (χ0v) is 5.94. The quantitative estimate of drug-likeness (QED) is 0.491. The third-order valence-electron chi connectivity index (χ3n) is 3.22. The van der Waals surface area contributed by atoms with Gasteiger partial charge in [0.1, 0.15) is 5.72 Å². The maximum atomic E-state index is 9.65. The first-order chi connectivity index (χ1) is 4.06. The van der Waals surface area contributed by atoms with Gasteiger partial charge in [0.15, 0.2) is 0 Å². The predicted octanol–water partition coefficient (Wildman–Crippen LogP) is 0.324. The van der Waals surface area contributed by atoms with E-state index in [1.165, 1.54) is 6.42 Å². The van der Waals surface area contributed by atoms with Gasteiger partial charge in [-0.15, -0.1) is 0 Å². The highest BCUT2D eigenvalue weighted by molar-refractivity contribution is 5.14. The Morgan fingerprint density at radius 2 is 2.22 bits per heavy atom. The number of hydrogen-bond donors (Lipinski definition) is 2. The second-order valence-corrected chi connectivity index (χ2v) is 3.77. The van der Waals surface area contributed by atoms with Crippen LogP contribution < -0.4 is 5.32 Å². The first kappa shape index (κ1) is 5.69.